The van der Waals surface area contributed by atoms with Gasteiger partial charge in [-0.05, 0) is 30.3 Å². The van der Waals surface area contributed by atoms with Gasteiger partial charge in [-0.15, -0.1) is 11.6 Å². The normalized spacial score (nSPS) is 12.8. The lowest BCUT2D eigenvalue weighted by Crippen LogP contribution is -2.14. The molecule has 3 nitrogen and oxygen atoms in total. The van der Waals surface area contributed by atoms with Crippen molar-refractivity contribution >= 4 is 46.3 Å². The van der Waals surface area contributed by atoms with Crippen LogP contribution in [0.1, 0.15) is 12.0 Å². The van der Waals surface area contributed by atoms with E-state index < -0.39 is 11.7 Å². The molecular formula is C16H12ClF3N2OS. The van der Waals surface area contributed by atoms with E-state index in [4.69, 9.17) is 11.6 Å². The van der Waals surface area contributed by atoms with Gasteiger partial charge < -0.3 is 10.6 Å². The van der Waals surface area contributed by atoms with Crippen molar-refractivity contribution in [3.05, 3.63) is 42.0 Å². The van der Waals surface area contributed by atoms with E-state index in [-0.39, 0.29) is 18.2 Å². The number of carbonyl (C=O) groups is 1. The summed E-state index contributed by atoms with van der Waals surface area (Å²) in [5.41, 5.74) is 1.11. The van der Waals surface area contributed by atoms with Gasteiger partial charge in [0.05, 0.1) is 22.6 Å². The number of fused-ring (bicyclic) bond motifs is 2. The lowest BCUT2D eigenvalue weighted by Gasteiger charge is -2.24. The number of halogens is 4. The molecule has 0 saturated carbocycles. The molecule has 1 aliphatic heterocycles. The molecule has 0 bridgehead atoms. The van der Waals surface area contributed by atoms with Crippen LogP contribution in [0.15, 0.2) is 46.2 Å². The Morgan fingerprint density at radius 2 is 2.00 bits per heavy atom. The summed E-state index contributed by atoms with van der Waals surface area (Å²) in [4.78, 5) is 13.0. The molecule has 1 heterocycles. The quantitative estimate of drug-likeness (QED) is 0.598. The van der Waals surface area contributed by atoms with E-state index >= 15 is 0 Å². The minimum atomic E-state index is -4.38. The van der Waals surface area contributed by atoms with Crippen molar-refractivity contribution in [3.63, 3.8) is 0 Å². The smallest absolute Gasteiger partial charge is 0.352 e. The van der Waals surface area contributed by atoms with Crippen LogP contribution in [0.5, 0.6) is 0 Å². The van der Waals surface area contributed by atoms with Crippen molar-refractivity contribution < 1.29 is 18.0 Å². The molecule has 2 N–H and O–H groups in total. The fraction of sp³-hybridized carbons (Fsp3) is 0.188. The average molecular weight is 373 g/mol. The van der Waals surface area contributed by atoms with Crippen LogP contribution < -0.4 is 10.6 Å². The molecule has 0 saturated heterocycles. The molecule has 0 fully saturated rings. The van der Waals surface area contributed by atoms with Gasteiger partial charge in [-0.2, -0.15) is 13.2 Å². The Morgan fingerprint density at radius 1 is 1.21 bits per heavy atom. The SMILES string of the molecule is O=C(CCCl)Nc1cccc2c1Nc1ccc(C(F)(F)F)cc1S2. The lowest BCUT2D eigenvalue weighted by molar-refractivity contribution is -0.137. The van der Waals surface area contributed by atoms with Crippen molar-refractivity contribution in [2.45, 2.75) is 22.4 Å². The van der Waals surface area contributed by atoms with Crippen LogP contribution in [0.4, 0.5) is 30.2 Å². The predicted octanol–water partition coefficient (Wildman–Crippen LogP) is 5.48. The van der Waals surface area contributed by atoms with Gasteiger partial charge in [-0.25, -0.2) is 0 Å². The average Bonchev–Trinajstić information content (AvgIpc) is 2.52. The zero-order valence-electron chi connectivity index (χ0n) is 12.2. The van der Waals surface area contributed by atoms with Crippen molar-refractivity contribution in [3.8, 4) is 0 Å². The maximum absolute atomic E-state index is 12.8. The Balaban J connectivity index is 1.92. The standard InChI is InChI=1S/C16H12ClF3N2OS/c17-7-6-14(23)21-11-2-1-3-12-15(11)22-10-5-4-9(16(18,19)20)8-13(10)24-12/h1-5,8,22H,6-7H2,(H,21,23). The zero-order valence-corrected chi connectivity index (χ0v) is 13.8. The van der Waals surface area contributed by atoms with E-state index in [0.717, 1.165) is 17.0 Å². The fourth-order valence-corrected chi connectivity index (χ4v) is 3.52. The number of para-hydroxylation sites is 1. The second-order valence-electron chi connectivity index (χ2n) is 5.10. The maximum Gasteiger partial charge on any atom is 0.416 e. The fourth-order valence-electron chi connectivity index (χ4n) is 2.29. The topological polar surface area (TPSA) is 41.1 Å². The highest BCUT2D eigenvalue weighted by atomic mass is 35.5. The number of amides is 1. The predicted molar refractivity (Wildman–Crippen MR) is 89.3 cm³/mol. The minimum absolute atomic E-state index is 0.184. The molecule has 0 atom stereocenters. The Hall–Kier alpha value is -1.86. The Kier molecular flexibility index (Phi) is 4.64. The summed E-state index contributed by atoms with van der Waals surface area (Å²) in [6.45, 7) is 0. The molecule has 24 heavy (non-hydrogen) atoms. The van der Waals surface area contributed by atoms with Crippen molar-refractivity contribution in [1.29, 1.82) is 0 Å². The summed E-state index contributed by atoms with van der Waals surface area (Å²) >= 11 is 6.78. The first kappa shape index (κ1) is 17.0. The Morgan fingerprint density at radius 3 is 2.71 bits per heavy atom. The van der Waals surface area contributed by atoms with E-state index in [9.17, 15) is 18.0 Å². The van der Waals surface area contributed by atoms with Gasteiger partial charge in [-0.1, -0.05) is 17.8 Å². The lowest BCUT2D eigenvalue weighted by atomic mass is 10.1. The van der Waals surface area contributed by atoms with Gasteiger partial charge in [0.25, 0.3) is 0 Å². The number of anilines is 3. The second kappa shape index (κ2) is 6.57. The summed E-state index contributed by atoms with van der Waals surface area (Å²) < 4.78 is 38.5. The van der Waals surface area contributed by atoms with E-state index in [0.29, 0.717) is 22.0 Å². The first-order valence-corrected chi connectivity index (χ1v) is 8.38. The highest BCUT2D eigenvalue weighted by molar-refractivity contribution is 7.99. The molecule has 8 heteroatoms. The van der Waals surface area contributed by atoms with Crippen LogP contribution in [0.25, 0.3) is 0 Å². The summed E-state index contributed by atoms with van der Waals surface area (Å²) in [5.74, 6) is -0.00469. The molecule has 126 valence electrons. The van der Waals surface area contributed by atoms with Crippen molar-refractivity contribution in [2.24, 2.45) is 0 Å². The molecule has 0 aliphatic carbocycles. The third-order valence-corrected chi connectivity index (χ3v) is 4.72. The van der Waals surface area contributed by atoms with Crippen LogP contribution in [0, 0.1) is 0 Å². The molecule has 3 rings (SSSR count). The highest BCUT2D eigenvalue weighted by Crippen LogP contribution is 2.48. The van der Waals surface area contributed by atoms with Crippen molar-refractivity contribution in [1.82, 2.24) is 0 Å². The number of hydrogen-bond donors (Lipinski definition) is 2. The second-order valence-corrected chi connectivity index (χ2v) is 6.56. The van der Waals surface area contributed by atoms with Gasteiger partial charge in [0.2, 0.25) is 5.91 Å². The first-order chi connectivity index (χ1) is 11.4. The number of alkyl halides is 4. The van der Waals surface area contributed by atoms with Gasteiger partial charge in [0, 0.05) is 22.1 Å². The van der Waals surface area contributed by atoms with Crippen LogP contribution in [-0.4, -0.2) is 11.8 Å². The van der Waals surface area contributed by atoms with E-state index in [1.807, 2.05) is 0 Å². The number of benzene rings is 2. The van der Waals surface area contributed by atoms with E-state index in [1.54, 1.807) is 18.2 Å². The first-order valence-electron chi connectivity index (χ1n) is 7.03. The molecule has 2 aromatic rings. The van der Waals surface area contributed by atoms with Crippen LogP contribution >= 0.6 is 23.4 Å². The van der Waals surface area contributed by atoms with Gasteiger partial charge in [0.15, 0.2) is 0 Å². The summed E-state index contributed by atoms with van der Waals surface area (Å²) in [6.07, 6.45) is -4.20. The van der Waals surface area contributed by atoms with Gasteiger partial charge >= 0.3 is 6.18 Å². The van der Waals surface area contributed by atoms with E-state index in [1.165, 1.54) is 17.8 Å². The molecule has 1 amide bonds. The summed E-state index contributed by atoms with van der Waals surface area (Å²) in [7, 11) is 0. The number of hydrogen-bond acceptors (Lipinski definition) is 3. The monoisotopic (exact) mass is 372 g/mol. The van der Waals surface area contributed by atoms with E-state index in [2.05, 4.69) is 10.6 Å². The molecule has 1 aliphatic rings. The van der Waals surface area contributed by atoms with Crippen LogP contribution in [0.3, 0.4) is 0 Å². The molecule has 0 unspecified atom stereocenters. The van der Waals surface area contributed by atoms with Gasteiger partial charge in [0.1, 0.15) is 0 Å². The zero-order chi connectivity index (χ0) is 17.3. The summed E-state index contributed by atoms with van der Waals surface area (Å²) in [6, 6.07) is 8.80. The van der Waals surface area contributed by atoms with Crippen molar-refractivity contribution in [2.75, 3.05) is 16.5 Å². The molecule has 0 radical (unpaired) electrons. The number of carbonyl (C=O) groups excluding carboxylic acids is 1. The minimum Gasteiger partial charge on any atom is -0.352 e. The molecule has 2 aromatic carbocycles. The third-order valence-electron chi connectivity index (χ3n) is 3.41. The highest BCUT2D eigenvalue weighted by Gasteiger charge is 2.32. The Bertz CT molecular complexity index is 795. The molecular weight excluding hydrogens is 361 g/mol. The number of nitrogens with one attached hydrogen (secondary N) is 2. The number of rotatable bonds is 3. The molecule has 0 spiro atoms. The largest absolute Gasteiger partial charge is 0.416 e. The summed E-state index contributed by atoms with van der Waals surface area (Å²) in [5, 5.41) is 5.86. The third kappa shape index (κ3) is 3.47. The van der Waals surface area contributed by atoms with Gasteiger partial charge in [-0.3, -0.25) is 4.79 Å². The molecule has 0 aromatic heterocycles. The Labute approximate surface area is 145 Å². The van der Waals surface area contributed by atoms with Crippen LogP contribution in [0.2, 0.25) is 0 Å². The van der Waals surface area contributed by atoms with Crippen LogP contribution in [-0.2, 0) is 11.0 Å². The maximum atomic E-state index is 12.8.